The molecule has 7 nitrogen and oxygen atoms in total. The SMILES string of the molecule is CCOC(=O)CC(CCCc1c[nH]c2ccc(OC)cc12)C(=O)CC1C(=O)C(CC)CC(=O)CC1CCC1=CC=CCC1. The van der Waals surface area contributed by atoms with E-state index in [9.17, 15) is 19.2 Å². The van der Waals surface area contributed by atoms with E-state index in [1.54, 1.807) is 14.0 Å². The third-order valence-corrected chi connectivity index (χ3v) is 9.30. The highest BCUT2D eigenvalue weighted by Gasteiger charge is 2.40. The number of aryl methyl sites for hydroxylation is 1. The van der Waals surface area contributed by atoms with Gasteiger partial charge in [-0.1, -0.05) is 30.7 Å². The third kappa shape index (κ3) is 8.77. The Bertz CT molecular complexity index is 1350. The average Bonchev–Trinajstić information content (AvgIpc) is 3.37. The molecule has 0 saturated heterocycles. The van der Waals surface area contributed by atoms with Crippen molar-refractivity contribution >= 4 is 34.2 Å². The number of aromatic nitrogens is 1. The first kappa shape index (κ1) is 32.4. The molecular weight excluding hydrogens is 542 g/mol. The van der Waals surface area contributed by atoms with Crippen LogP contribution in [-0.4, -0.2) is 42.0 Å². The van der Waals surface area contributed by atoms with Crippen LogP contribution in [0.3, 0.4) is 0 Å². The van der Waals surface area contributed by atoms with Gasteiger partial charge in [0.15, 0.2) is 0 Å². The van der Waals surface area contributed by atoms with Gasteiger partial charge in [0.25, 0.3) is 0 Å². The first-order valence-electron chi connectivity index (χ1n) is 16.0. The predicted molar refractivity (Wildman–Crippen MR) is 168 cm³/mol. The second-order valence-electron chi connectivity index (χ2n) is 12.1. The van der Waals surface area contributed by atoms with Gasteiger partial charge in [0.05, 0.1) is 20.1 Å². The van der Waals surface area contributed by atoms with Crippen LogP contribution in [0.2, 0.25) is 0 Å². The molecule has 1 N–H and O–H groups in total. The Balaban J connectivity index is 1.49. The number of ether oxygens (including phenoxy) is 2. The van der Waals surface area contributed by atoms with Crippen molar-refractivity contribution in [3.05, 3.63) is 53.8 Å². The van der Waals surface area contributed by atoms with E-state index in [0.717, 1.165) is 54.3 Å². The van der Waals surface area contributed by atoms with E-state index in [-0.39, 0.29) is 61.0 Å². The fourth-order valence-corrected chi connectivity index (χ4v) is 6.79. The molecule has 1 heterocycles. The van der Waals surface area contributed by atoms with Gasteiger partial charge >= 0.3 is 5.97 Å². The van der Waals surface area contributed by atoms with Crippen LogP contribution >= 0.6 is 0 Å². The Hall–Kier alpha value is -3.48. The van der Waals surface area contributed by atoms with Crippen molar-refractivity contribution in [3.8, 4) is 5.75 Å². The van der Waals surface area contributed by atoms with Crippen LogP contribution in [0.15, 0.2) is 48.2 Å². The zero-order chi connectivity index (χ0) is 30.8. The fraction of sp³-hybridized carbons (Fsp3) is 0.556. The molecular formula is C36H47NO6. The lowest BCUT2D eigenvalue weighted by Gasteiger charge is -2.27. The summed E-state index contributed by atoms with van der Waals surface area (Å²) >= 11 is 0. The molecule has 4 unspecified atom stereocenters. The molecule has 7 heteroatoms. The molecule has 1 aromatic carbocycles. The minimum Gasteiger partial charge on any atom is -0.497 e. The first-order chi connectivity index (χ1) is 20.8. The zero-order valence-electron chi connectivity index (χ0n) is 26.0. The molecule has 1 fully saturated rings. The van der Waals surface area contributed by atoms with Gasteiger partial charge in [-0.25, -0.2) is 0 Å². The molecule has 1 aromatic heterocycles. The second-order valence-corrected chi connectivity index (χ2v) is 12.1. The summed E-state index contributed by atoms with van der Waals surface area (Å²) in [6.45, 7) is 3.96. The Morgan fingerprint density at radius 1 is 1.12 bits per heavy atom. The van der Waals surface area contributed by atoms with Gasteiger partial charge in [-0.05, 0) is 88.0 Å². The van der Waals surface area contributed by atoms with Crippen LogP contribution in [-0.2, 0) is 30.3 Å². The summed E-state index contributed by atoms with van der Waals surface area (Å²) in [5, 5.41) is 1.08. The number of hydrogen-bond acceptors (Lipinski definition) is 6. The van der Waals surface area contributed by atoms with Gasteiger partial charge < -0.3 is 14.5 Å². The van der Waals surface area contributed by atoms with Gasteiger partial charge in [-0.2, -0.15) is 0 Å². The molecule has 0 spiro atoms. The molecule has 2 aliphatic carbocycles. The smallest absolute Gasteiger partial charge is 0.306 e. The lowest BCUT2D eigenvalue weighted by Crippen LogP contribution is -2.32. The maximum atomic E-state index is 13.9. The summed E-state index contributed by atoms with van der Waals surface area (Å²) < 4.78 is 10.6. The summed E-state index contributed by atoms with van der Waals surface area (Å²) in [5.74, 6) is -1.02. The highest BCUT2D eigenvalue weighted by molar-refractivity contribution is 5.95. The molecule has 4 rings (SSSR count). The number of benzene rings is 1. The summed E-state index contributed by atoms with van der Waals surface area (Å²) in [5.41, 5.74) is 3.48. The van der Waals surface area contributed by atoms with Gasteiger partial charge in [-0.3, -0.25) is 19.2 Å². The van der Waals surface area contributed by atoms with E-state index in [0.29, 0.717) is 25.7 Å². The van der Waals surface area contributed by atoms with Crippen molar-refractivity contribution in [3.63, 3.8) is 0 Å². The normalized spacial score (nSPS) is 21.4. The van der Waals surface area contributed by atoms with Crippen molar-refractivity contribution in [2.45, 2.75) is 90.9 Å². The van der Waals surface area contributed by atoms with E-state index >= 15 is 0 Å². The summed E-state index contributed by atoms with van der Waals surface area (Å²) in [6, 6.07) is 5.91. The van der Waals surface area contributed by atoms with E-state index in [4.69, 9.17) is 9.47 Å². The van der Waals surface area contributed by atoms with Gasteiger partial charge in [0.2, 0.25) is 0 Å². The lowest BCUT2D eigenvalue weighted by molar-refractivity contribution is -0.146. The van der Waals surface area contributed by atoms with Crippen LogP contribution in [0.25, 0.3) is 10.9 Å². The number of aromatic amines is 1. The number of carbonyl (C=O) groups is 4. The monoisotopic (exact) mass is 589 g/mol. The van der Waals surface area contributed by atoms with E-state index in [1.165, 1.54) is 5.57 Å². The van der Waals surface area contributed by atoms with Crippen LogP contribution in [0.5, 0.6) is 5.75 Å². The second kappa shape index (κ2) is 15.8. The molecule has 2 aromatic rings. The van der Waals surface area contributed by atoms with Crippen molar-refractivity contribution in [2.24, 2.45) is 23.7 Å². The van der Waals surface area contributed by atoms with Gasteiger partial charge in [0, 0.05) is 54.1 Å². The molecule has 43 heavy (non-hydrogen) atoms. The Morgan fingerprint density at radius 3 is 2.67 bits per heavy atom. The van der Waals surface area contributed by atoms with Crippen LogP contribution in [0, 0.1) is 23.7 Å². The number of carbonyl (C=O) groups excluding carboxylic acids is 4. The number of Topliss-reactive ketones (excluding diaryl/α,β-unsaturated/α-hetero) is 3. The van der Waals surface area contributed by atoms with Crippen LogP contribution in [0.1, 0.15) is 90.0 Å². The number of fused-ring (bicyclic) bond motifs is 1. The fourth-order valence-electron chi connectivity index (χ4n) is 6.79. The molecule has 1 saturated carbocycles. The Kier molecular flexibility index (Phi) is 11.9. The highest BCUT2D eigenvalue weighted by atomic mass is 16.5. The molecule has 4 atom stereocenters. The van der Waals surface area contributed by atoms with E-state index in [1.807, 2.05) is 31.3 Å². The highest BCUT2D eigenvalue weighted by Crippen LogP contribution is 2.37. The lowest BCUT2D eigenvalue weighted by atomic mass is 9.75. The largest absolute Gasteiger partial charge is 0.497 e. The quantitative estimate of drug-likeness (QED) is 0.173. The van der Waals surface area contributed by atoms with E-state index < -0.39 is 11.8 Å². The molecule has 2 aliphatic rings. The Labute approximate surface area is 255 Å². The molecule has 0 amide bonds. The standard InChI is InChI=1S/C36H47NO6/c1-4-25-18-29(38)19-26(15-14-24-10-7-6-8-11-24)32(36(25)41)22-34(39)27(20-35(40)43-5-2)12-9-13-28-23-37-33-17-16-30(42-3)21-31(28)33/h6-7,10,16-17,21,23,25-27,32,37H,4-5,8-9,11-15,18-20,22H2,1-3H3. The number of esters is 1. The zero-order valence-corrected chi connectivity index (χ0v) is 26.0. The molecule has 232 valence electrons. The van der Waals surface area contributed by atoms with Gasteiger partial charge in [0.1, 0.15) is 23.1 Å². The van der Waals surface area contributed by atoms with E-state index in [2.05, 4.69) is 23.2 Å². The van der Waals surface area contributed by atoms with Crippen molar-refractivity contribution < 1.29 is 28.7 Å². The minimum absolute atomic E-state index is 0.00924. The van der Waals surface area contributed by atoms with Crippen molar-refractivity contribution in [1.82, 2.24) is 4.98 Å². The number of H-pyrrole nitrogens is 1. The molecule has 0 radical (unpaired) electrons. The maximum absolute atomic E-state index is 13.9. The topological polar surface area (TPSA) is 103 Å². The summed E-state index contributed by atoms with van der Waals surface area (Å²) in [7, 11) is 1.64. The number of ketones is 3. The number of methoxy groups -OCH3 is 1. The third-order valence-electron chi connectivity index (χ3n) is 9.30. The minimum atomic E-state index is -0.530. The van der Waals surface area contributed by atoms with Crippen molar-refractivity contribution in [1.29, 1.82) is 0 Å². The van der Waals surface area contributed by atoms with Crippen LogP contribution in [0.4, 0.5) is 0 Å². The molecule has 0 aliphatic heterocycles. The first-order valence-corrected chi connectivity index (χ1v) is 16.0. The molecule has 0 bridgehead atoms. The number of allylic oxidation sites excluding steroid dienone is 4. The summed E-state index contributed by atoms with van der Waals surface area (Å²) in [6.07, 6.45) is 15.2. The maximum Gasteiger partial charge on any atom is 0.306 e. The predicted octanol–water partition coefficient (Wildman–Crippen LogP) is 7.28. The number of rotatable bonds is 15. The number of nitrogens with one attached hydrogen (secondary N) is 1. The summed E-state index contributed by atoms with van der Waals surface area (Å²) in [4.78, 5) is 56.5. The number of hydrogen-bond donors (Lipinski definition) is 1. The Morgan fingerprint density at radius 2 is 1.95 bits per heavy atom. The van der Waals surface area contributed by atoms with Gasteiger partial charge in [-0.15, -0.1) is 0 Å². The van der Waals surface area contributed by atoms with Crippen molar-refractivity contribution in [2.75, 3.05) is 13.7 Å². The van der Waals surface area contributed by atoms with Crippen LogP contribution < -0.4 is 4.74 Å². The average molecular weight is 590 g/mol.